The molecule has 0 radical (unpaired) electrons. The number of nitrogens with one attached hydrogen (secondary N) is 1. The molecule has 7 heteroatoms. The van der Waals surface area contributed by atoms with Crippen molar-refractivity contribution in [2.45, 2.75) is 18.9 Å². The van der Waals surface area contributed by atoms with E-state index >= 15 is 0 Å². The van der Waals surface area contributed by atoms with Gasteiger partial charge in [0.2, 0.25) is 11.8 Å². The number of aromatic nitrogens is 2. The maximum absolute atomic E-state index is 11.2. The predicted molar refractivity (Wildman–Crippen MR) is 53.1 cm³/mol. The Morgan fingerprint density at radius 3 is 2.93 bits per heavy atom. The van der Waals surface area contributed by atoms with Crippen molar-refractivity contribution in [1.82, 2.24) is 15.5 Å². The molecule has 1 fully saturated rings. The number of hydrogen-bond donors (Lipinski definition) is 1. The van der Waals surface area contributed by atoms with Crippen LogP contribution in [-0.4, -0.2) is 37.2 Å². The summed E-state index contributed by atoms with van der Waals surface area (Å²) in [5, 5.41) is 10.6. The Morgan fingerprint density at radius 1 is 1.53 bits per heavy atom. The Morgan fingerprint density at radius 2 is 2.33 bits per heavy atom. The van der Waals surface area contributed by atoms with Gasteiger partial charge in [-0.1, -0.05) is 0 Å². The van der Waals surface area contributed by atoms with Gasteiger partial charge in [0.25, 0.3) is 0 Å². The van der Waals surface area contributed by atoms with Crippen molar-refractivity contribution in [3.8, 4) is 0 Å². The molecule has 0 spiro atoms. The molecule has 1 unspecified atom stereocenters. The molecule has 0 aliphatic carbocycles. The van der Waals surface area contributed by atoms with Gasteiger partial charge in [0.1, 0.15) is 0 Å². The van der Waals surface area contributed by atoms with Crippen LogP contribution in [0.1, 0.15) is 24.1 Å². The van der Waals surface area contributed by atoms with Crippen LogP contribution in [0.25, 0.3) is 0 Å². The highest BCUT2D eigenvalue weighted by Crippen LogP contribution is 2.27. The highest BCUT2D eigenvalue weighted by Gasteiger charge is 2.32. The van der Waals surface area contributed by atoms with Crippen LogP contribution in [0.2, 0.25) is 0 Å². The lowest BCUT2D eigenvalue weighted by Crippen LogP contribution is -2.05. The van der Waals surface area contributed by atoms with E-state index in [1.54, 1.807) is 7.05 Å². The van der Waals surface area contributed by atoms with Crippen molar-refractivity contribution in [1.29, 1.82) is 0 Å². The van der Waals surface area contributed by atoms with Gasteiger partial charge in [-0.15, -0.1) is 10.2 Å². The molecule has 1 atom stereocenters. The van der Waals surface area contributed by atoms with Gasteiger partial charge in [-0.25, -0.2) is 8.42 Å². The SMILES string of the molecule is CNCc1nnc(C2CCS(=O)(=O)C2)o1. The first kappa shape index (κ1) is 10.6. The Balaban J connectivity index is 2.10. The summed E-state index contributed by atoms with van der Waals surface area (Å²) in [6.45, 7) is 0.506. The van der Waals surface area contributed by atoms with Crippen LogP contribution in [-0.2, 0) is 16.4 Å². The molecule has 1 aromatic heterocycles. The van der Waals surface area contributed by atoms with E-state index in [2.05, 4.69) is 15.5 Å². The second-order valence-electron chi connectivity index (χ2n) is 3.66. The molecule has 1 aliphatic heterocycles. The highest BCUT2D eigenvalue weighted by atomic mass is 32.2. The van der Waals surface area contributed by atoms with Crippen molar-refractivity contribution >= 4 is 9.84 Å². The molecule has 1 aromatic rings. The molecule has 1 N–H and O–H groups in total. The molecule has 0 saturated carbocycles. The van der Waals surface area contributed by atoms with E-state index in [-0.39, 0.29) is 17.4 Å². The van der Waals surface area contributed by atoms with Gasteiger partial charge in [0.05, 0.1) is 24.0 Å². The molecular formula is C8H13N3O3S. The summed E-state index contributed by atoms with van der Waals surface area (Å²) in [5.41, 5.74) is 0. The van der Waals surface area contributed by atoms with E-state index in [4.69, 9.17) is 4.42 Å². The lowest BCUT2D eigenvalue weighted by molar-refractivity contribution is 0.417. The Kier molecular flexibility index (Phi) is 2.74. The lowest BCUT2D eigenvalue weighted by atomic mass is 10.1. The number of hydrogen-bond acceptors (Lipinski definition) is 6. The van der Waals surface area contributed by atoms with Crippen LogP contribution in [0.5, 0.6) is 0 Å². The maximum atomic E-state index is 11.2. The number of rotatable bonds is 3. The number of sulfone groups is 1. The topological polar surface area (TPSA) is 85.1 Å². The molecular weight excluding hydrogens is 218 g/mol. The van der Waals surface area contributed by atoms with E-state index in [0.717, 1.165) is 0 Å². The molecule has 1 saturated heterocycles. The normalized spacial score (nSPS) is 24.5. The van der Waals surface area contributed by atoms with Crippen LogP contribution in [0.4, 0.5) is 0 Å². The van der Waals surface area contributed by atoms with Crippen LogP contribution in [0.15, 0.2) is 4.42 Å². The van der Waals surface area contributed by atoms with Crippen molar-refractivity contribution in [2.24, 2.45) is 0 Å². The quantitative estimate of drug-likeness (QED) is 0.768. The zero-order valence-corrected chi connectivity index (χ0v) is 9.25. The largest absolute Gasteiger partial charge is 0.424 e. The van der Waals surface area contributed by atoms with E-state index < -0.39 is 9.84 Å². The molecule has 2 rings (SSSR count). The zero-order valence-electron chi connectivity index (χ0n) is 8.43. The molecule has 15 heavy (non-hydrogen) atoms. The van der Waals surface area contributed by atoms with Crippen molar-refractivity contribution in [3.05, 3.63) is 11.8 Å². The first-order chi connectivity index (χ1) is 7.11. The molecule has 1 aliphatic rings. The van der Waals surface area contributed by atoms with E-state index in [9.17, 15) is 8.42 Å². The summed E-state index contributed by atoms with van der Waals surface area (Å²) < 4.78 is 27.8. The smallest absolute Gasteiger partial charge is 0.230 e. The fourth-order valence-electron chi connectivity index (χ4n) is 1.64. The molecule has 0 aromatic carbocycles. The van der Waals surface area contributed by atoms with Gasteiger partial charge in [0.15, 0.2) is 9.84 Å². The minimum atomic E-state index is -2.89. The van der Waals surface area contributed by atoms with Crippen LogP contribution < -0.4 is 5.32 Å². The summed E-state index contributed by atoms with van der Waals surface area (Å²) in [6.07, 6.45) is 0.587. The Bertz CT molecular complexity index is 440. The average Bonchev–Trinajstić information content (AvgIpc) is 2.73. The minimum Gasteiger partial charge on any atom is -0.424 e. The van der Waals surface area contributed by atoms with Gasteiger partial charge in [-0.2, -0.15) is 0 Å². The zero-order chi connectivity index (χ0) is 10.9. The third kappa shape index (κ3) is 2.35. The van der Waals surface area contributed by atoms with E-state index in [1.807, 2.05) is 0 Å². The van der Waals surface area contributed by atoms with Gasteiger partial charge in [-0.3, -0.25) is 0 Å². The first-order valence-corrected chi connectivity index (χ1v) is 6.60. The van der Waals surface area contributed by atoms with Crippen LogP contribution in [0.3, 0.4) is 0 Å². The Labute approximate surface area is 88.0 Å². The molecule has 6 nitrogen and oxygen atoms in total. The van der Waals surface area contributed by atoms with Crippen LogP contribution in [0, 0.1) is 0 Å². The summed E-state index contributed by atoms with van der Waals surface area (Å²) in [7, 11) is -1.11. The Hall–Kier alpha value is -0.950. The minimum absolute atomic E-state index is 0.117. The van der Waals surface area contributed by atoms with Crippen molar-refractivity contribution < 1.29 is 12.8 Å². The average molecular weight is 231 g/mol. The van der Waals surface area contributed by atoms with Gasteiger partial charge in [0, 0.05) is 0 Å². The molecule has 84 valence electrons. The molecule has 2 heterocycles. The first-order valence-electron chi connectivity index (χ1n) is 4.78. The lowest BCUT2D eigenvalue weighted by Gasteiger charge is -1.98. The third-order valence-corrected chi connectivity index (χ3v) is 4.16. The van der Waals surface area contributed by atoms with Gasteiger partial charge >= 0.3 is 0 Å². The second kappa shape index (κ2) is 3.90. The monoisotopic (exact) mass is 231 g/mol. The van der Waals surface area contributed by atoms with Crippen molar-refractivity contribution in [3.63, 3.8) is 0 Å². The van der Waals surface area contributed by atoms with E-state index in [1.165, 1.54) is 0 Å². The van der Waals surface area contributed by atoms with Crippen molar-refractivity contribution in [2.75, 3.05) is 18.6 Å². The fraction of sp³-hybridized carbons (Fsp3) is 0.750. The van der Waals surface area contributed by atoms with Gasteiger partial charge < -0.3 is 9.73 Å². The van der Waals surface area contributed by atoms with Crippen LogP contribution >= 0.6 is 0 Å². The summed E-state index contributed by atoms with van der Waals surface area (Å²) >= 11 is 0. The number of nitrogens with zero attached hydrogens (tertiary/aromatic N) is 2. The summed E-state index contributed by atoms with van der Waals surface area (Å²) in [6, 6.07) is 0. The molecule has 0 amide bonds. The predicted octanol–water partition coefficient (Wildman–Crippen LogP) is -0.309. The summed E-state index contributed by atoms with van der Waals surface area (Å²) in [4.78, 5) is 0. The highest BCUT2D eigenvalue weighted by molar-refractivity contribution is 7.91. The standard InChI is InChI=1S/C8H13N3O3S/c1-9-4-7-10-11-8(14-7)6-2-3-15(12,13)5-6/h6,9H,2-5H2,1H3. The van der Waals surface area contributed by atoms with E-state index in [0.29, 0.717) is 24.7 Å². The fourth-order valence-corrected chi connectivity index (χ4v) is 3.38. The third-order valence-electron chi connectivity index (χ3n) is 2.39. The summed E-state index contributed by atoms with van der Waals surface area (Å²) in [5.74, 6) is 1.18. The maximum Gasteiger partial charge on any atom is 0.230 e. The van der Waals surface area contributed by atoms with Gasteiger partial charge in [-0.05, 0) is 13.5 Å². The molecule has 0 bridgehead atoms. The second-order valence-corrected chi connectivity index (χ2v) is 5.89.